The Balaban J connectivity index is 1.82. The second-order valence-corrected chi connectivity index (χ2v) is 7.12. The summed E-state index contributed by atoms with van der Waals surface area (Å²) in [7, 11) is 0. The molecule has 0 bridgehead atoms. The third-order valence-electron chi connectivity index (χ3n) is 3.19. The maximum absolute atomic E-state index is 11.7. The quantitative estimate of drug-likeness (QED) is 0.561. The van der Waals surface area contributed by atoms with Crippen LogP contribution in [0.15, 0.2) is 44.6 Å². The molecule has 7 heteroatoms. The maximum Gasteiger partial charge on any atom is 0.263 e. The predicted octanol–water partition coefficient (Wildman–Crippen LogP) is 4.05. The summed E-state index contributed by atoms with van der Waals surface area (Å²) in [5.41, 5.74) is 2.79. The molecule has 0 radical (unpaired) electrons. The van der Waals surface area contributed by atoms with E-state index in [4.69, 9.17) is 16.6 Å². The molecule has 0 aliphatic carbocycles. The first-order valence-corrected chi connectivity index (χ1v) is 8.52. The highest BCUT2D eigenvalue weighted by atomic mass is 32.2. The van der Waals surface area contributed by atoms with Crippen molar-refractivity contribution < 1.29 is 9.21 Å². The summed E-state index contributed by atoms with van der Waals surface area (Å²) in [5, 5.41) is 7.56. The van der Waals surface area contributed by atoms with Crippen molar-refractivity contribution in [3.63, 3.8) is 0 Å². The molecular formula is C15H8N2O2S3. The van der Waals surface area contributed by atoms with E-state index in [0.717, 1.165) is 22.1 Å². The number of thioether (sulfide) groups is 1. The number of carbonyl (C=O) groups excluding carboxylic acids is 1. The van der Waals surface area contributed by atoms with Crippen LogP contribution in [0.1, 0.15) is 5.76 Å². The van der Waals surface area contributed by atoms with Gasteiger partial charge in [-0.1, -0.05) is 24.0 Å². The van der Waals surface area contributed by atoms with Crippen molar-refractivity contribution in [1.82, 2.24) is 10.3 Å². The summed E-state index contributed by atoms with van der Waals surface area (Å²) in [4.78, 5) is 16.5. The van der Waals surface area contributed by atoms with E-state index >= 15 is 0 Å². The number of rotatable bonds is 2. The lowest BCUT2D eigenvalue weighted by Gasteiger charge is -1.97. The molecule has 0 saturated carbocycles. The van der Waals surface area contributed by atoms with Crippen molar-refractivity contribution in [3.8, 4) is 11.1 Å². The van der Waals surface area contributed by atoms with E-state index in [2.05, 4.69) is 15.7 Å². The summed E-state index contributed by atoms with van der Waals surface area (Å²) in [6.07, 6.45) is 5.25. The van der Waals surface area contributed by atoms with Gasteiger partial charge in [0.05, 0.1) is 4.91 Å². The van der Waals surface area contributed by atoms with Crippen LogP contribution in [0.25, 0.3) is 28.2 Å². The Morgan fingerprint density at radius 3 is 3.00 bits per heavy atom. The van der Waals surface area contributed by atoms with Gasteiger partial charge in [0, 0.05) is 29.4 Å². The number of amides is 1. The fraction of sp³-hybridized carbons (Fsp3) is 0. The van der Waals surface area contributed by atoms with Crippen molar-refractivity contribution >= 4 is 62.6 Å². The summed E-state index contributed by atoms with van der Waals surface area (Å²) < 4.78 is 6.39. The number of nitrogens with one attached hydrogen (secondary N) is 1. The molecule has 4 heterocycles. The first-order chi connectivity index (χ1) is 10.7. The van der Waals surface area contributed by atoms with Gasteiger partial charge in [-0.25, -0.2) is 0 Å². The summed E-state index contributed by atoms with van der Waals surface area (Å²) in [6.45, 7) is 0. The maximum atomic E-state index is 11.7. The van der Waals surface area contributed by atoms with Gasteiger partial charge >= 0.3 is 0 Å². The number of hydrogen-bond acceptors (Lipinski definition) is 6. The molecule has 0 aromatic carbocycles. The Morgan fingerprint density at radius 1 is 1.36 bits per heavy atom. The largest absolute Gasteiger partial charge is 0.456 e. The van der Waals surface area contributed by atoms with Gasteiger partial charge in [-0.3, -0.25) is 9.78 Å². The summed E-state index contributed by atoms with van der Waals surface area (Å²) >= 11 is 7.84. The minimum absolute atomic E-state index is 0.188. The second kappa shape index (κ2) is 5.35. The zero-order chi connectivity index (χ0) is 15.1. The summed E-state index contributed by atoms with van der Waals surface area (Å²) in [6, 6.07) is 3.90. The molecular weight excluding hydrogens is 336 g/mol. The van der Waals surface area contributed by atoms with Gasteiger partial charge in [-0.15, -0.1) is 0 Å². The van der Waals surface area contributed by atoms with Crippen LogP contribution in [0, 0.1) is 0 Å². The number of thiocarbonyl (C=S) groups is 1. The lowest BCUT2D eigenvalue weighted by molar-refractivity contribution is -0.115. The zero-order valence-corrected chi connectivity index (χ0v) is 13.5. The minimum atomic E-state index is -0.188. The van der Waals surface area contributed by atoms with Crippen molar-refractivity contribution in [2.75, 3.05) is 0 Å². The molecule has 1 amide bonds. The lowest BCUT2D eigenvalue weighted by atomic mass is 10.1. The van der Waals surface area contributed by atoms with E-state index in [0.29, 0.717) is 15.0 Å². The number of pyridine rings is 1. The van der Waals surface area contributed by atoms with Crippen molar-refractivity contribution in [3.05, 3.63) is 46.0 Å². The highest BCUT2D eigenvalue weighted by Gasteiger charge is 2.22. The topological polar surface area (TPSA) is 55.1 Å². The van der Waals surface area contributed by atoms with Crippen LogP contribution in [-0.4, -0.2) is 15.2 Å². The molecule has 1 fully saturated rings. The van der Waals surface area contributed by atoms with Crippen LogP contribution in [0.3, 0.4) is 0 Å². The second-order valence-electron chi connectivity index (χ2n) is 4.62. The molecule has 3 aromatic rings. The van der Waals surface area contributed by atoms with Crippen LogP contribution in [0.2, 0.25) is 0 Å². The average molecular weight is 344 g/mol. The van der Waals surface area contributed by atoms with Gasteiger partial charge in [-0.2, -0.15) is 11.3 Å². The van der Waals surface area contributed by atoms with Crippen molar-refractivity contribution in [1.29, 1.82) is 0 Å². The third-order valence-corrected chi connectivity index (χ3v) is 5.04. The Labute approximate surface area is 139 Å². The van der Waals surface area contributed by atoms with Crippen LogP contribution in [0.4, 0.5) is 0 Å². The van der Waals surface area contributed by atoms with Gasteiger partial charge in [0.1, 0.15) is 15.7 Å². The first kappa shape index (κ1) is 13.7. The van der Waals surface area contributed by atoms with Gasteiger partial charge in [0.2, 0.25) is 0 Å². The van der Waals surface area contributed by atoms with Crippen molar-refractivity contribution in [2.45, 2.75) is 0 Å². The Kier molecular flexibility index (Phi) is 3.33. The number of thiophene rings is 1. The van der Waals surface area contributed by atoms with E-state index in [1.165, 1.54) is 11.8 Å². The molecule has 0 spiro atoms. The Hall–Kier alpha value is -1.96. The molecule has 1 aliphatic rings. The van der Waals surface area contributed by atoms with E-state index in [1.54, 1.807) is 29.8 Å². The first-order valence-electron chi connectivity index (χ1n) is 6.36. The molecule has 1 N–H and O–H groups in total. The van der Waals surface area contributed by atoms with Crippen LogP contribution >= 0.6 is 35.3 Å². The predicted molar refractivity (Wildman–Crippen MR) is 93.6 cm³/mol. The van der Waals surface area contributed by atoms with E-state index in [-0.39, 0.29) is 5.91 Å². The van der Waals surface area contributed by atoms with E-state index < -0.39 is 0 Å². The molecule has 108 valence electrons. The van der Waals surface area contributed by atoms with Crippen LogP contribution < -0.4 is 5.32 Å². The number of furan rings is 1. The number of nitrogens with zero attached hydrogens (tertiary/aromatic N) is 1. The lowest BCUT2D eigenvalue weighted by Crippen LogP contribution is -2.17. The van der Waals surface area contributed by atoms with Gasteiger partial charge in [-0.05, 0) is 28.5 Å². The molecule has 4 rings (SSSR count). The zero-order valence-electron chi connectivity index (χ0n) is 11.0. The molecule has 0 atom stereocenters. The van der Waals surface area contributed by atoms with Crippen molar-refractivity contribution in [2.24, 2.45) is 0 Å². The monoisotopic (exact) mass is 344 g/mol. The highest BCUT2D eigenvalue weighted by molar-refractivity contribution is 8.26. The highest BCUT2D eigenvalue weighted by Crippen LogP contribution is 2.33. The molecule has 3 aromatic heterocycles. The molecule has 4 nitrogen and oxygen atoms in total. The van der Waals surface area contributed by atoms with E-state index in [1.807, 2.05) is 17.5 Å². The molecule has 1 saturated heterocycles. The Bertz CT molecular complexity index is 926. The Morgan fingerprint density at radius 2 is 2.27 bits per heavy atom. The SMILES string of the molecule is O=C1NC(=S)SC1=Cc1cc2cncc(-c3ccsc3)c2o1. The molecule has 1 aliphatic heterocycles. The molecule has 0 unspecified atom stereocenters. The smallest absolute Gasteiger partial charge is 0.263 e. The number of aromatic nitrogens is 1. The summed E-state index contributed by atoms with van der Waals surface area (Å²) in [5.74, 6) is 0.425. The van der Waals surface area contributed by atoms with Crippen LogP contribution in [0.5, 0.6) is 0 Å². The fourth-order valence-electron chi connectivity index (χ4n) is 2.23. The third kappa shape index (κ3) is 2.37. The van der Waals surface area contributed by atoms with Crippen LogP contribution in [-0.2, 0) is 4.79 Å². The minimum Gasteiger partial charge on any atom is -0.456 e. The molecule has 22 heavy (non-hydrogen) atoms. The number of carbonyl (C=O) groups is 1. The van der Waals surface area contributed by atoms with Gasteiger partial charge in [0.15, 0.2) is 0 Å². The number of hydrogen-bond donors (Lipinski definition) is 1. The normalized spacial score (nSPS) is 16.6. The standard InChI is InChI=1S/C15H8N2O2S3/c18-14-12(22-15(20)17-14)4-10-3-9-5-16-6-11(13(9)19-10)8-1-2-21-7-8/h1-7H,(H,17,18,20). The average Bonchev–Trinajstić information content (AvgIpc) is 3.19. The van der Waals surface area contributed by atoms with Gasteiger partial charge < -0.3 is 9.73 Å². The van der Waals surface area contributed by atoms with Gasteiger partial charge in [0.25, 0.3) is 5.91 Å². The number of fused-ring (bicyclic) bond motifs is 1. The van der Waals surface area contributed by atoms with E-state index in [9.17, 15) is 4.79 Å². The fourth-order valence-corrected chi connectivity index (χ4v) is 3.91.